The van der Waals surface area contributed by atoms with Crippen molar-refractivity contribution < 1.29 is 9.90 Å². The van der Waals surface area contributed by atoms with Gasteiger partial charge in [-0.3, -0.25) is 0 Å². The van der Waals surface area contributed by atoms with Gasteiger partial charge in [-0.05, 0) is 25.0 Å². The van der Waals surface area contributed by atoms with E-state index in [-0.39, 0.29) is 5.69 Å². The van der Waals surface area contributed by atoms with E-state index in [0.717, 1.165) is 44.6 Å². The van der Waals surface area contributed by atoms with E-state index in [9.17, 15) is 4.79 Å². The van der Waals surface area contributed by atoms with Crippen LogP contribution in [0.1, 0.15) is 50.0 Å². The van der Waals surface area contributed by atoms with Crippen LogP contribution in [0.4, 0.5) is 5.82 Å². The van der Waals surface area contributed by atoms with Crippen molar-refractivity contribution in [3.8, 4) is 0 Å². The minimum atomic E-state index is -1.04. The van der Waals surface area contributed by atoms with Crippen LogP contribution in [-0.2, 0) is 0 Å². The second-order valence-electron chi connectivity index (χ2n) is 4.28. The minimum absolute atomic E-state index is 0.00955. The molecule has 0 fully saturated rings. The van der Waals surface area contributed by atoms with E-state index in [1.807, 2.05) is 0 Å². The van der Waals surface area contributed by atoms with Crippen LogP contribution in [0.3, 0.4) is 0 Å². The first-order chi connectivity index (χ1) is 8.69. The molecule has 1 aromatic heterocycles. The maximum atomic E-state index is 10.7. The van der Waals surface area contributed by atoms with Crippen molar-refractivity contribution in [2.45, 2.75) is 39.5 Å². The Bertz CT molecular complexity index is 357. The SMILES string of the molecule is CCCCN(CCCC)c1ccc(C(=O)O)nn1. The summed E-state index contributed by atoms with van der Waals surface area (Å²) in [6.07, 6.45) is 4.46. The highest BCUT2D eigenvalue weighted by Gasteiger charge is 2.10. The van der Waals surface area contributed by atoms with Crippen molar-refractivity contribution in [2.75, 3.05) is 18.0 Å². The molecule has 0 unspecified atom stereocenters. The highest BCUT2D eigenvalue weighted by molar-refractivity contribution is 5.85. The molecule has 1 N–H and O–H groups in total. The molecule has 1 heterocycles. The Morgan fingerprint density at radius 1 is 1.17 bits per heavy atom. The molecule has 5 heteroatoms. The Balaban J connectivity index is 2.73. The van der Waals surface area contributed by atoms with Gasteiger partial charge in [0.25, 0.3) is 0 Å². The number of carbonyl (C=O) groups is 1. The van der Waals surface area contributed by atoms with Gasteiger partial charge in [-0.25, -0.2) is 4.79 Å². The van der Waals surface area contributed by atoms with Gasteiger partial charge < -0.3 is 10.0 Å². The summed E-state index contributed by atoms with van der Waals surface area (Å²) < 4.78 is 0. The van der Waals surface area contributed by atoms with Crippen LogP contribution in [0, 0.1) is 0 Å². The van der Waals surface area contributed by atoms with E-state index in [2.05, 4.69) is 28.9 Å². The molecular formula is C13H21N3O2. The van der Waals surface area contributed by atoms with Gasteiger partial charge in [-0.15, -0.1) is 10.2 Å². The fraction of sp³-hybridized carbons (Fsp3) is 0.615. The Kier molecular flexibility index (Phi) is 6.11. The zero-order valence-corrected chi connectivity index (χ0v) is 11.1. The normalized spacial score (nSPS) is 10.3. The third-order valence-corrected chi connectivity index (χ3v) is 2.76. The fourth-order valence-corrected chi connectivity index (χ4v) is 1.65. The smallest absolute Gasteiger partial charge is 0.356 e. The van der Waals surface area contributed by atoms with Crippen molar-refractivity contribution in [3.63, 3.8) is 0 Å². The predicted molar refractivity (Wildman–Crippen MR) is 71.0 cm³/mol. The van der Waals surface area contributed by atoms with Gasteiger partial charge in [0, 0.05) is 13.1 Å². The second kappa shape index (κ2) is 7.63. The summed E-state index contributed by atoms with van der Waals surface area (Å²) in [6, 6.07) is 3.25. The number of anilines is 1. The van der Waals surface area contributed by atoms with Gasteiger partial charge >= 0.3 is 5.97 Å². The maximum absolute atomic E-state index is 10.7. The lowest BCUT2D eigenvalue weighted by Crippen LogP contribution is -2.27. The lowest BCUT2D eigenvalue weighted by Gasteiger charge is -2.22. The topological polar surface area (TPSA) is 66.3 Å². The van der Waals surface area contributed by atoms with E-state index >= 15 is 0 Å². The van der Waals surface area contributed by atoms with Crippen LogP contribution >= 0.6 is 0 Å². The first-order valence-electron chi connectivity index (χ1n) is 6.51. The van der Waals surface area contributed by atoms with Gasteiger partial charge in [-0.2, -0.15) is 0 Å². The molecule has 0 spiro atoms. The molecule has 1 rings (SSSR count). The van der Waals surface area contributed by atoms with Crippen LogP contribution in [0.25, 0.3) is 0 Å². The molecule has 0 aliphatic heterocycles. The number of aromatic nitrogens is 2. The quantitative estimate of drug-likeness (QED) is 0.769. The average Bonchev–Trinajstić information content (AvgIpc) is 2.39. The molecule has 0 aliphatic carbocycles. The number of carboxylic acids is 1. The van der Waals surface area contributed by atoms with Gasteiger partial charge in [0.1, 0.15) is 0 Å². The molecule has 0 saturated heterocycles. The summed E-state index contributed by atoms with van der Waals surface area (Å²) in [5.41, 5.74) is -0.00955. The molecule has 0 saturated carbocycles. The van der Waals surface area contributed by atoms with E-state index < -0.39 is 5.97 Å². The Labute approximate surface area is 108 Å². The average molecular weight is 251 g/mol. The summed E-state index contributed by atoms with van der Waals surface area (Å²) >= 11 is 0. The van der Waals surface area contributed by atoms with Crippen molar-refractivity contribution in [1.29, 1.82) is 0 Å². The first kappa shape index (κ1) is 14.4. The summed E-state index contributed by atoms with van der Waals surface area (Å²) in [6.45, 7) is 6.18. The van der Waals surface area contributed by atoms with Gasteiger partial charge in [0.2, 0.25) is 0 Å². The predicted octanol–water partition coefficient (Wildman–Crippen LogP) is 2.58. The Hall–Kier alpha value is -1.65. The van der Waals surface area contributed by atoms with Crippen LogP contribution in [-0.4, -0.2) is 34.4 Å². The van der Waals surface area contributed by atoms with Crippen LogP contribution in [0.5, 0.6) is 0 Å². The van der Waals surface area contributed by atoms with E-state index in [0.29, 0.717) is 0 Å². The molecule has 0 aliphatic rings. The number of hydrogen-bond acceptors (Lipinski definition) is 4. The number of nitrogens with zero attached hydrogens (tertiary/aromatic N) is 3. The third-order valence-electron chi connectivity index (χ3n) is 2.76. The molecule has 0 radical (unpaired) electrons. The summed E-state index contributed by atoms with van der Waals surface area (Å²) in [7, 11) is 0. The number of carboxylic acid groups (broad SMARTS) is 1. The Morgan fingerprint density at radius 2 is 1.78 bits per heavy atom. The summed E-state index contributed by atoms with van der Waals surface area (Å²) in [4.78, 5) is 12.9. The molecule has 18 heavy (non-hydrogen) atoms. The largest absolute Gasteiger partial charge is 0.476 e. The second-order valence-corrected chi connectivity index (χ2v) is 4.28. The highest BCUT2D eigenvalue weighted by atomic mass is 16.4. The summed E-state index contributed by atoms with van der Waals surface area (Å²) in [5, 5.41) is 16.5. The number of rotatable bonds is 8. The number of aromatic carboxylic acids is 1. The zero-order valence-electron chi connectivity index (χ0n) is 11.1. The highest BCUT2D eigenvalue weighted by Crippen LogP contribution is 2.12. The third kappa shape index (κ3) is 4.31. The molecular weight excluding hydrogens is 230 g/mol. The van der Waals surface area contributed by atoms with E-state index in [4.69, 9.17) is 5.11 Å². The van der Waals surface area contributed by atoms with Crippen LogP contribution in [0.2, 0.25) is 0 Å². The van der Waals surface area contributed by atoms with Crippen LogP contribution < -0.4 is 4.90 Å². The fourth-order valence-electron chi connectivity index (χ4n) is 1.65. The maximum Gasteiger partial charge on any atom is 0.356 e. The van der Waals surface area contributed by atoms with Crippen LogP contribution in [0.15, 0.2) is 12.1 Å². The lowest BCUT2D eigenvalue weighted by atomic mass is 10.2. The lowest BCUT2D eigenvalue weighted by molar-refractivity contribution is 0.0689. The molecule has 0 bridgehead atoms. The molecule has 0 aromatic carbocycles. The molecule has 100 valence electrons. The molecule has 1 aromatic rings. The Morgan fingerprint density at radius 3 is 2.17 bits per heavy atom. The van der Waals surface area contributed by atoms with Gasteiger partial charge in [-0.1, -0.05) is 26.7 Å². The number of unbranched alkanes of at least 4 members (excludes halogenated alkanes) is 2. The molecule has 0 atom stereocenters. The standard InChI is InChI=1S/C13H21N3O2/c1-3-5-9-16(10-6-4-2)12-8-7-11(13(17)18)14-15-12/h7-8H,3-6,9-10H2,1-2H3,(H,17,18). The van der Waals surface area contributed by atoms with Gasteiger partial charge in [0.15, 0.2) is 11.5 Å². The first-order valence-corrected chi connectivity index (χ1v) is 6.51. The molecule has 0 amide bonds. The zero-order chi connectivity index (χ0) is 13.4. The van der Waals surface area contributed by atoms with E-state index in [1.54, 1.807) is 6.07 Å². The minimum Gasteiger partial charge on any atom is -0.476 e. The van der Waals surface area contributed by atoms with Crippen molar-refractivity contribution in [3.05, 3.63) is 17.8 Å². The van der Waals surface area contributed by atoms with Crippen molar-refractivity contribution >= 4 is 11.8 Å². The number of hydrogen-bond donors (Lipinski definition) is 1. The summed E-state index contributed by atoms with van der Waals surface area (Å²) in [5.74, 6) is -0.274. The van der Waals surface area contributed by atoms with Gasteiger partial charge in [0.05, 0.1) is 0 Å². The van der Waals surface area contributed by atoms with Crippen molar-refractivity contribution in [1.82, 2.24) is 10.2 Å². The van der Waals surface area contributed by atoms with E-state index in [1.165, 1.54) is 6.07 Å². The molecule has 5 nitrogen and oxygen atoms in total. The van der Waals surface area contributed by atoms with Crippen molar-refractivity contribution in [2.24, 2.45) is 0 Å². The monoisotopic (exact) mass is 251 g/mol.